The summed E-state index contributed by atoms with van der Waals surface area (Å²) >= 11 is 1.55. The number of thiazole rings is 1. The Kier molecular flexibility index (Phi) is 5.15. The molecule has 0 N–H and O–H groups in total. The monoisotopic (exact) mass is 357 g/mol. The summed E-state index contributed by atoms with van der Waals surface area (Å²) in [5.41, 5.74) is 2.38. The van der Waals surface area contributed by atoms with Gasteiger partial charge in [0.15, 0.2) is 5.13 Å². The van der Waals surface area contributed by atoms with Crippen LogP contribution in [0, 0.1) is 6.92 Å². The number of carbonyl (C=O) groups excluding carboxylic acids is 1. The van der Waals surface area contributed by atoms with Gasteiger partial charge in [-0.15, -0.1) is 0 Å². The molecule has 0 aliphatic rings. The molecule has 0 aliphatic heterocycles. The smallest absolute Gasteiger partial charge is 0.278 e. The van der Waals surface area contributed by atoms with Crippen LogP contribution in [0.1, 0.15) is 23.1 Å². The SMILES string of the molecule is CCn1nc(C)cc1C(=O)N(CCN(C)C)c1nc2ccccc2s1. The minimum absolute atomic E-state index is 0.0524. The zero-order valence-electron chi connectivity index (χ0n) is 15.1. The van der Waals surface area contributed by atoms with Crippen LogP contribution in [0.2, 0.25) is 0 Å². The zero-order chi connectivity index (χ0) is 18.0. The molecule has 0 bridgehead atoms. The van der Waals surface area contributed by atoms with Crippen molar-refractivity contribution in [1.29, 1.82) is 0 Å². The van der Waals surface area contributed by atoms with E-state index < -0.39 is 0 Å². The van der Waals surface area contributed by atoms with Crippen LogP contribution in [0.3, 0.4) is 0 Å². The Bertz CT molecular complexity index is 850. The number of fused-ring (bicyclic) bond motifs is 1. The standard InChI is InChI=1S/C18H23N5OS/c1-5-23-15(12-13(2)20-23)17(24)22(11-10-21(3)4)18-19-14-8-6-7-9-16(14)25-18/h6-9,12H,5,10-11H2,1-4H3. The van der Waals surface area contributed by atoms with Crippen LogP contribution in [-0.2, 0) is 6.54 Å². The second-order valence-corrected chi connectivity index (χ2v) is 7.22. The fourth-order valence-electron chi connectivity index (χ4n) is 2.66. The Morgan fingerprint density at radius 1 is 1.24 bits per heavy atom. The largest absolute Gasteiger partial charge is 0.308 e. The predicted molar refractivity (Wildman–Crippen MR) is 102 cm³/mol. The summed E-state index contributed by atoms with van der Waals surface area (Å²) in [4.78, 5) is 21.8. The highest BCUT2D eigenvalue weighted by Crippen LogP contribution is 2.29. The molecular weight excluding hydrogens is 334 g/mol. The summed E-state index contributed by atoms with van der Waals surface area (Å²) in [6, 6.07) is 9.82. The second kappa shape index (κ2) is 7.33. The lowest BCUT2D eigenvalue weighted by Crippen LogP contribution is -2.37. The van der Waals surface area contributed by atoms with E-state index in [0.717, 1.165) is 27.6 Å². The van der Waals surface area contributed by atoms with Crippen LogP contribution in [0.4, 0.5) is 5.13 Å². The highest BCUT2D eigenvalue weighted by Gasteiger charge is 2.24. The minimum atomic E-state index is -0.0524. The van der Waals surface area contributed by atoms with Crippen molar-refractivity contribution in [2.24, 2.45) is 0 Å². The van der Waals surface area contributed by atoms with Crippen LogP contribution in [0.15, 0.2) is 30.3 Å². The molecule has 0 atom stereocenters. The number of anilines is 1. The number of amides is 1. The summed E-state index contributed by atoms with van der Waals surface area (Å²) in [6.45, 7) is 5.91. The van der Waals surface area contributed by atoms with Gasteiger partial charge in [0.25, 0.3) is 5.91 Å². The number of benzene rings is 1. The highest BCUT2D eigenvalue weighted by atomic mass is 32.1. The van der Waals surface area contributed by atoms with Gasteiger partial charge in [-0.1, -0.05) is 23.5 Å². The van der Waals surface area contributed by atoms with Gasteiger partial charge in [-0.25, -0.2) is 4.98 Å². The van der Waals surface area contributed by atoms with E-state index in [1.807, 2.05) is 58.3 Å². The summed E-state index contributed by atoms with van der Waals surface area (Å²) < 4.78 is 2.84. The first-order valence-electron chi connectivity index (χ1n) is 8.36. The van der Waals surface area contributed by atoms with Gasteiger partial charge in [0.2, 0.25) is 0 Å². The lowest BCUT2D eigenvalue weighted by Gasteiger charge is -2.22. The molecule has 3 rings (SSSR count). The van der Waals surface area contributed by atoms with Gasteiger partial charge < -0.3 is 4.90 Å². The van der Waals surface area contributed by atoms with Crippen molar-refractivity contribution in [3.05, 3.63) is 41.7 Å². The van der Waals surface area contributed by atoms with E-state index in [1.165, 1.54) is 0 Å². The number of para-hydroxylation sites is 1. The third-order valence-corrected chi connectivity index (χ3v) is 5.01. The van der Waals surface area contributed by atoms with Crippen molar-refractivity contribution in [3.63, 3.8) is 0 Å². The fraction of sp³-hybridized carbons (Fsp3) is 0.389. The molecular formula is C18H23N5OS. The number of hydrogen-bond acceptors (Lipinski definition) is 5. The Morgan fingerprint density at radius 2 is 2.00 bits per heavy atom. The summed E-state index contributed by atoms with van der Waals surface area (Å²) in [6.07, 6.45) is 0. The van der Waals surface area contributed by atoms with Gasteiger partial charge in [0, 0.05) is 19.6 Å². The van der Waals surface area contributed by atoms with Crippen LogP contribution >= 0.6 is 11.3 Å². The zero-order valence-corrected chi connectivity index (χ0v) is 15.9. The maximum absolute atomic E-state index is 13.2. The minimum Gasteiger partial charge on any atom is -0.308 e. The molecule has 0 radical (unpaired) electrons. The molecule has 0 spiro atoms. The molecule has 1 amide bonds. The molecule has 25 heavy (non-hydrogen) atoms. The first-order chi connectivity index (χ1) is 12.0. The maximum Gasteiger partial charge on any atom is 0.278 e. The first-order valence-corrected chi connectivity index (χ1v) is 9.18. The molecule has 0 saturated carbocycles. The molecule has 6 nitrogen and oxygen atoms in total. The summed E-state index contributed by atoms with van der Waals surface area (Å²) in [7, 11) is 4.00. The fourth-order valence-corrected chi connectivity index (χ4v) is 3.65. The molecule has 0 saturated heterocycles. The lowest BCUT2D eigenvalue weighted by molar-refractivity contribution is 0.0975. The third kappa shape index (κ3) is 3.72. The van der Waals surface area contributed by atoms with Crippen molar-refractivity contribution < 1.29 is 4.79 Å². The highest BCUT2D eigenvalue weighted by molar-refractivity contribution is 7.22. The number of rotatable bonds is 6. The molecule has 0 aliphatic carbocycles. The van der Waals surface area contributed by atoms with Crippen LogP contribution in [-0.4, -0.2) is 52.8 Å². The van der Waals surface area contributed by atoms with Crippen molar-refractivity contribution in [2.45, 2.75) is 20.4 Å². The molecule has 0 unspecified atom stereocenters. The summed E-state index contributed by atoms with van der Waals surface area (Å²) in [5, 5.41) is 5.14. The molecule has 1 aromatic carbocycles. The average molecular weight is 357 g/mol. The Hall–Kier alpha value is -2.25. The van der Waals surface area contributed by atoms with Crippen LogP contribution < -0.4 is 4.90 Å². The topological polar surface area (TPSA) is 54.3 Å². The van der Waals surface area contributed by atoms with Gasteiger partial charge in [-0.2, -0.15) is 5.10 Å². The van der Waals surface area contributed by atoms with Crippen molar-refractivity contribution in [3.8, 4) is 0 Å². The van der Waals surface area contributed by atoms with E-state index in [1.54, 1.807) is 20.9 Å². The second-order valence-electron chi connectivity index (χ2n) is 6.21. The van der Waals surface area contributed by atoms with Gasteiger partial charge in [0.05, 0.1) is 15.9 Å². The molecule has 3 aromatic rings. The average Bonchev–Trinajstić information content (AvgIpc) is 3.17. The van der Waals surface area contributed by atoms with Gasteiger partial charge in [-0.3, -0.25) is 14.4 Å². The molecule has 132 valence electrons. The van der Waals surface area contributed by atoms with Gasteiger partial charge in [-0.05, 0) is 46.1 Å². The van der Waals surface area contributed by atoms with E-state index in [0.29, 0.717) is 18.8 Å². The van der Waals surface area contributed by atoms with E-state index >= 15 is 0 Å². The lowest BCUT2D eigenvalue weighted by atomic mass is 10.3. The van der Waals surface area contributed by atoms with E-state index in [-0.39, 0.29) is 5.91 Å². The Balaban J connectivity index is 2.00. The van der Waals surface area contributed by atoms with Gasteiger partial charge >= 0.3 is 0 Å². The van der Waals surface area contributed by atoms with E-state index in [9.17, 15) is 4.79 Å². The molecule has 7 heteroatoms. The number of carbonyl (C=O) groups is 1. The predicted octanol–water partition coefficient (Wildman–Crippen LogP) is 3.03. The number of aryl methyl sites for hydroxylation is 2. The number of nitrogens with zero attached hydrogens (tertiary/aromatic N) is 5. The third-order valence-electron chi connectivity index (χ3n) is 3.95. The van der Waals surface area contributed by atoms with Gasteiger partial charge in [0.1, 0.15) is 5.69 Å². The molecule has 0 fully saturated rings. The van der Waals surface area contributed by atoms with E-state index in [4.69, 9.17) is 0 Å². The number of likely N-dealkylation sites (N-methyl/N-ethyl adjacent to an activating group) is 1. The van der Waals surface area contributed by atoms with Crippen molar-refractivity contribution in [2.75, 3.05) is 32.1 Å². The Labute approximate surface area is 151 Å². The number of aromatic nitrogens is 3. The van der Waals surface area contributed by atoms with E-state index in [2.05, 4.69) is 15.0 Å². The quantitative estimate of drug-likeness (QED) is 0.680. The molecule has 2 heterocycles. The normalized spacial score (nSPS) is 11.4. The Morgan fingerprint density at radius 3 is 2.68 bits per heavy atom. The maximum atomic E-state index is 13.2. The molecule has 2 aromatic heterocycles. The van der Waals surface area contributed by atoms with Crippen LogP contribution in [0.25, 0.3) is 10.2 Å². The number of hydrogen-bond donors (Lipinski definition) is 0. The summed E-state index contributed by atoms with van der Waals surface area (Å²) in [5.74, 6) is -0.0524. The van der Waals surface area contributed by atoms with Crippen LogP contribution in [0.5, 0.6) is 0 Å². The van der Waals surface area contributed by atoms with Crippen molar-refractivity contribution >= 4 is 32.6 Å². The first kappa shape index (κ1) is 17.6. The van der Waals surface area contributed by atoms with Crippen molar-refractivity contribution in [1.82, 2.24) is 19.7 Å².